The van der Waals surface area contributed by atoms with Gasteiger partial charge in [0.15, 0.2) is 0 Å². The first-order valence-corrected chi connectivity index (χ1v) is 11.8. The molecule has 1 heterocycles. The van der Waals surface area contributed by atoms with Crippen molar-refractivity contribution in [2.75, 3.05) is 6.54 Å². The Kier molecular flexibility index (Phi) is 13.1. The standard InChI is InChI=1S/C24H46NO/c1-4-5-6-7-8-9-10-11-12-13-14-15-16-17-18-20-24(2,3)22-19-21-25-23(22)26/h22H,4-21H2,1-3H3. The highest BCUT2D eigenvalue weighted by atomic mass is 16.2. The zero-order chi connectivity index (χ0) is 19.1. The van der Waals surface area contributed by atoms with Gasteiger partial charge in [-0.2, -0.15) is 0 Å². The molecule has 1 amide bonds. The molecule has 26 heavy (non-hydrogen) atoms. The van der Waals surface area contributed by atoms with Crippen LogP contribution in [0.5, 0.6) is 0 Å². The molecule has 1 radical (unpaired) electrons. The van der Waals surface area contributed by atoms with Crippen LogP contribution in [0.25, 0.3) is 0 Å². The highest BCUT2D eigenvalue weighted by Gasteiger charge is 2.38. The first-order chi connectivity index (χ1) is 12.6. The molecule has 1 rings (SSSR count). The highest BCUT2D eigenvalue weighted by Crippen LogP contribution is 2.37. The molecule has 1 atom stereocenters. The predicted molar refractivity (Wildman–Crippen MR) is 113 cm³/mol. The molecule has 0 bridgehead atoms. The fourth-order valence-electron chi connectivity index (χ4n) is 4.39. The summed E-state index contributed by atoms with van der Waals surface area (Å²) in [7, 11) is 0. The van der Waals surface area contributed by atoms with Crippen molar-refractivity contribution < 1.29 is 4.79 Å². The van der Waals surface area contributed by atoms with Gasteiger partial charge in [0.25, 0.3) is 0 Å². The summed E-state index contributed by atoms with van der Waals surface area (Å²) in [5.41, 5.74) is 0.146. The van der Waals surface area contributed by atoms with Gasteiger partial charge >= 0.3 is 0 Å². The smallest absolute Gasteiger partial charge is 0.244 e. The van der Waals surface area contributed by atoms with Crippen LogP contribution in [0.3, 0.4) is 0 Å². The van der Waals surface area contributed by atoms with Crippen LogP contribution in [0.4, 0.5) is 0 Å². The second-order valence-electron chi connectivity index (χ2n) is 9.25. The van der Waals surface area contributed by atoms with Crippen LogP contribution in [0, 0.1) is 11.3 Å². The molecule has 2 nitrogen and oxygen atoms in total. The number of hydrogen-bond donors (Lipinski definition) is 0. The minimum Gasteiger partial charge on any atom is -0.273 e. The zero-order valence-electron chi connectivity index (χ0n) is 18.2. The molecule has 0 aromatic heterocycles. The van der Waals surface area contributed by atoms with E-state index in [1.165, 1.54) is 103 Å². The van der Waals surface area contributed by atoms with E-state index < -0.39 is 0 Å². The number of rotatable bonds is 17. The largest absolute Gasteiger partial charge is 0.273 e. The second kappa shape index (κ2) is 14.5. The molecule has 1 fully saturated rings. The highest BCUT2D eigenvalue weighted by molar-refractivity contribution is 5.81. The maximum atomic E-state index is 11.8. The number of amides is 1. The second-order valence-corrected chi connectivity index (χ2v) is 9.25. The monoisotopic (exact) mass is 364 g/mol. The van der Waals surface area contributed by atoms with Crippen LogP contribution >= 0.6 is 0 Å². The van der Waals surface area contributed by atoms with E-state index >= 15 is 0 Å². The molecule has 1 saturated heterocycles. The molecule has 0 aromatic carbocycles. The van der Waals surface area contributed by atoms with Gasteiger partial charge in [-0.05, 0) is 18.3 Å². The third-order valence-electron chi connectivity index (χ3n) is 6.35. The molecule has 153 valence electrons. The topological polar surface area (TPSA) is 31.2 Å². The van der Waals surface area contributed by atoms with Gasteiger partial charge in [-0.3, -0.25) is 10.1 Å². The van der Waals surface area contributed by atoms with E-state index in [4.69, 9.17) is 0 Å². The lowest BCUT2D eigenvalue weighted by Gasteiger charge is -2.29. The van der Waals surface area contributed by atoms with Crippen molar-refractivity contribution >= 4 is 5.91 Å². The number of hydrogen-bond acceptors (Lipinski definition) is 1. The van der Waals surface area contributed by atoms with E-state index in [1.54, 1.807) is 0 Å². The lowest BCUT2D eigenvalue weighted by atomic mass is 9.74. The van der Waals surface area contributed by atoms with Crippen molar-refractivity contribution in [3.63, 3.8) is 0 Å². The SMILES string of the molecule is CCCCCCCCCCCCCCCCCC(C)(C)C1CC[N]C1=O. The molecule has 1 aliphatic rings. The van der Waals surface area contributed by atoms with Crippen molar-refractivity contribution in [2.24, 2.45) is 11.3 Å². The number of unbranched alkanes of at least 4 members (excludes halogenated alkanes) is 14. The van der Waals surface area contributed by atoms with Crippen molar-refractivity contribution in [3.05, 3.63) is 0 Å². The normalized spacial score (nSPS) is 17.7. The molecule has 0 spiro atoms. The minimum absolute atomic E-state index is 0.146. The first-order valence-electron chi connectivity index (χ1n) is 11.8. The molecule has 1 aliphatic heterocycles. The van der Waals surface area contributed by atoms with Gasteiger partial charge in [-0.1, -0.05) is 117 Å². The molecule has 2 heteroatoms. The van der Waals surface area contributed by atoms with E-state index in [-0.39, 0.29) is 17.2 Å². The molecule has 0 aliphatic carbocycles. The zero-order valence-corrected chi connectivity index (χ0v) is 18.2. The average Bonchev–Trinajstić information content (AvgIpc) is 3.05. The van der Waals surface area contributed by atoms with Crippen LogP contribution in [-0.2, 0) is 4.79 Å². The van der Waals surface area contributed by atoms with Gasteiger partial charge < -0.3 is 0 Å². The van der Waals surface area contributed by atoms with Gasteiger partial charge in [-0.25, -0.2) is 0 Å². The van der Waals surface area contributed by atoms with Gasteiger partial charge in [0.2, 0.25) is 5.91 Å². The van der Waals surface area contributed by atoms with E-state index in [1.807, 2.05) is 0 Å². The molecule has 0 aromatic rings. The Hall–Kier alpha value is -0.530. The Morgan fingerprint density at radius 2 is 1.19 bits per heavy atom. The van der Waals surface area contributed by atoms with Gasteiger partial charge in [-0.15, -0.1) is 0 Å². The Labute approximate surface area is 164 Å². The lowest BCUT2D eigenvalue weighted by Crippen LogP contribution is -2.29. The number of nitrogens with zero attached hydrogens (tertiary/aromatic N) is 1. The van der Waals surface area contributed by atoms with Crippen molar-refractivity contribution in [1.29, 1.82) is 0 Å². The lowest BCUT2D eigenvalue weighted by molar-refractivity contribution is -0.125. The fraction of sp³-hybridized carbons (Fsp3) is 0.958. The predicted octanol–water partition coefficient (Wildman–Crippen LogP) is 7.43. The molecule has 0 N–H and O–H groups in total. The Morgan fingerprint density at radius 1 is 0.769 bits per heavy atom. The van der Waals surface area contributed by atoms with Crippen molar-refractivity contribution in [3.8, 4) is 0 Å². The third kappa shape index (κ3) is 10.6. The molecular weight excluding hydrogens is 318 g/mol. The fourth-order valence-corrected chi connectivity index (χ4v) is 4.39. The maximum Gasteiger partial charge on any atom is 0.244 e. The van der Waals surface area contributed by atoms with E-state index in [9.17, 15) is 4.79 Å². The Balaban J connectivity index is 1.83. The Bertz CT molecular complexity index is 350. The summed E-state index contributed by atoms with van der Waals surface area (Å²) in [6, 6.07) is 0. The molecular formula is C24H46NO. The molecule has 0 saturated carbocycles. The third-order valence-corrected chi connectivity index (χ3v) is 6.35. The van der Waals surface area contributed by atoms with Crippen molar-refractivity contribution in [2.45, 2.75) is 130 Å². The number of carbonyl (C=O) groups excluding carboxylic acids is 1. The quantitative estimate of drug-likeness (QED) is 0.247. The first kappa shape index (κ1) is 23.5. The summed E-state index contributed by atoms with van der Waals surface area (Å²) in [4.78, 5) is 11.8. The molecule has 1 unspecified atom stereocenters. The summed E-state index contributed by atoms with van der Waals surface area (Å²) in [5, 5.41) is 4.07. The summed E-state index contributed by atoms with van der Waals surface area (Å²) in [6.45, 7) is 7.57. The maximum absolute atomic E-state index is 11.8. The minimum atomic E-state index is 0.146. The van der Waals surface area contributed by atoms with E-state index in [0.717, 1.165) is 13.0 Å². The summed E-state index contributed by atoms with van der Waals surface area (Å²) < 4.78 is 0. The average molecular weight is 365 g/mol. The summed E-state index contributed by atoms with van der Waals surface area (Å²) in [6.07, 6.45) is 23.3. The van der Waals surface area contributed by atoms with Crippen molar-refractivity contribution in [1.82, 2.24) is 5.32 Å². The van der Waals surface area contributed by atoms with E-state index in [2.05, 4.69) is 26.1 Å². The van der Waals surface area contributed by atoms with E-state index in [0.29, 0.717) is 0 Å². The van der Waals surface area contributed by atoms with Gasteiger partial charge in [0.05, 0.1) is 0 Å². The van der Waals surface area contributed by atoms with Crippen LogP contribution < -0.4 is 5.32 Å². The summed E-state index contributed by atoms with van der Waals surface area (Å²) in [5.74, 6) is 0.352. The van der Waals surface area contributed by atoms with Crippen LogP contribution in [-0.4, -0.2) is 12.5 Å². The van der Waals surface area contributed by atoms with Crippen LogP contribution in [0.15, 0.2) is 0 Å². The summed E-state index contributed by atoms with van der Waals surface area (Å²) >= 11 is 0. The van der Waals surface area contributed by atoms with Crippen LogP contribution in [0.2, 0.25) is 0 Å². The van der Waals surface area contributed by atoms with Crippen LogP contribution in [0.1, 0.15) is 130 Å². The number of carbonyl (C=O) groups is 1. The van der Waals surface area contributed by atoms with Gasteiger partial charge in [0, 0.05) is 12.5 Å². The Morgan fingerprint density at radius 3 is 1.58 bits per heavy atom. The van der Waals surface area contributed by atoms with Gasteiger partial charge in [0.1, 0.15) is 0 Å².